The van der Waals surface area contributed by atoms with Gasteiger partial charge < -0.3 is 20.9 Å². The lowest BCUT2D eigenvalue weighted by atomic mass is 10.2. The van der Waals surface area contributed by atoms with Crippen molar-refractivity contribution in [3.8, 4) is 0 Å². The summed E-state index contributed by atoms with van der Waals surface area (Å²) in [5.41, 5.74) is 6.32. The van der Waals surface area contributed by atoms with Gasteiger partial charge in [-0.25, -0.2) is 4.98 Å². The lowest BCUT2D eigenvalue weighted by Crippen LogP contribution is -2.18. The van der Waals surface area contributed by atoms with Gasteiger partial charge in [-0.3, -0.25) is 0 Å². The predicted octanol–water partition coefficient (Wildman–Crippen LogP) is 0.177. The highest BCUT2D eigenvalue weighted by Crippen LogP contribution is 2.07. The molecule has 0 aromatic carbocycles. The molecule has 0 aliphatic carbocycles. The van der Waals surface area contributed by atoms with E-state index in [1.165, 1.54) is 0 Å². The lowest BCUT2D eigenvalue weighted by molar-refractivity contribution is 0.0615. The van der Waals surface area contributed by atoms with E-state index in [2.05, 4.69) is 15.3 Å². The molecule has 0 aliphatic heterocycles. The minimum Gasteiger partial charge on any atom is -0.391 e. The first-order chi connectivity index (χ1) is 7.61. The standard InChI is InChI=1S/C10H18N4O2/c1-7-5-9(14-10(11)13-7)12-4-3-8(15)6-16-2/h5,8,15H,3-4,6H2,1-2H3,(H3,11,12,13,14). The molecule has 4 N–H and O–H groups in total. The highest BCUT2D eigenvalue weighted by molar-refractivity contribution is 5.39. The van der Waals surface area contributed by atoms with Crippen molar-refractivity contribution in [1.29, 1.82) is 0 Å². The van der Waals surface area contributed by atoms with E-state index in [1.54, 1.807) is 13.2 Å². The van der Waals surface area contributed by atoms with Crippen molar-refractivity contribution in [2.75, 3.05) is 31.3 Å². The van der Waals surface area contributed by atoms with Crippen molar-refractivity contribution in [3.63, 3.8) is 0 Å². The van der Waals surface area contributed by atoms with E-state index in [9.17, 15) is 5.11 Å². The average molecular weight is 226 g/mol. The monoisotopic (exact) mass is 226 g/mol. The van der Waals surface area contributed by atoms with Gasteiger partial charge >= 0.3 is 0 Å². The number of nitrogens with one attached hydrogen (secondary N) is 1. The lowest BCUT2D eigenvalue weighted by Gasteiger charge is -2.10. The van der Waals surface area contributed by atoms with E-state index < -0.39 is 6.10 Å². The van der Waals surface area contributed by atoms with Crippen LogP contribution in [-0.2, 0) is 4.74 Å². The fraction of sp³-hybridized carbons (Fsp3) is 0.600. The summed E-state index contributed by atoms with van der Waals surface area (Å²) in [5.74, 6) is 0.926. The van der Waals surface area contributed by atoms with Gasteiger partial charge in [0.1, 0.15) is 5.82 Å². The maximum Gasteiger partial charge on any atom is 0.222 e. The Bertz CT molecular complexity index is 312. The Morgan fingerprint density at radius 2 is 2.31 bits per heavy atom. The van der Waals surface area contributed by atoms with Crippen LogP contribution >= 0.6 is 0 Å². The Morgan fingerprint density at radius 1 is 1.56 bits per heavy atom. The van der Waals surface area contributed by atoms with Gasteiger partial charge in [0.15, 0.2) is 0 Å². The second-order valence-corrected chi connectivity index (χ2v) is 3.58. The molecule has 6 nitrogen and oxygen atoms in total. The van der Waals surface area contributed by atoms with Crippen LogP contribution < -0.4 is 11.1 Å². The third-order valence-electron chi connectivity index (χ3n) is 2.01. The number of nitrogens with two attached hydrogens (primary N) is 1. The van der Waals surface area contributed by atoms with Gasteiger partial charge in [-0.15, -0.1) is 0 Å². The molecule has 0 bridgehead atoms. The van der Waals surface area contributed by atoms with Crippen LogP contribution in [-0.4, -0.2) is 41.4 Å². The zero-order chi connectivity index (χ0) is 12.0. The van der Waals surface area contributed by atoms with Crippen LogP contribution in [0.4, 0.5) is 11.8 Å². The molecule has 16 heavy (non-hydrogen) atoms. The van der Waals surface area contributed by atoms with Gasteiger partial charge in [0.2, 0.25) is 5.95 Å². The topological polar surface area (TPSA) is 93.3 Å². The zero-order valence-electron chi connectivity index (χ0n) is 9.60. The molecule has 90 valence electrons. The van der Waals surface area contributed by atoms with Crippen molar-refractivity contribution in [2.24, 2.45) is 0 Å². The second-order valence-electron chi connectivity index (χ2n) is 3.58. The molecule has 1 atom stereocenters. The van der Waals surface area contributed by atoms with Gasteiger partial charge in [-0.2, -0.15) is 4.98 Å². The van der Waals surface area contributed by atoms with Crippen molar-refractivity contribution in [3.05, 3.63) is 11.8 Å². The molecular weight excluding hydrogens is 208 g/mol. The van der Waals surface area contributed by atoms with Gasteiger partial charge in [-0.1, -0.05) is 0 Å². The number of hydrogen-bond acceptors (Lipinski definition) is 6. The van der Waals surface area contributed by atoms with Crippen molar-refractivity contribution < 1.29 is 9.84 Å². The number of hydrogen-bond donors (Lipinski definition) is 3. The summed E-state index contributed by atoms with van der Waals surface area (Å²) >= 11 is 0. The summed E-state index contributed by atoms with van der Waals surface area (Å²) in [7, 11) is 1.56. The molecule has 1 aromatic heterocycles. The molecule has 1 unspecified atom stereocenters. The van der Waals surface area contributed by atoms with Crippen LogP contribution in [0.15, 0.2) is 6.07 Å². The van der Waals surface area contributed by atoms with Crippen LogP contribution in [0.25, 0.3) is 0 Å². The fourth-order valence-electron chi connectivity index (χ4n) is 1.32. The maximum absolute atomic E-state index is 9.41. The molecule has 6 heteroatoms. The molecule has 0 saturated heterocycles. The Balaban J connectivity index is 2.37. The van der Waals surface area contributed by atoms with Crippen LogP contribution in [0, 0.1) is 6.92 Å². The number of nitrogen functional groups attached to an aromatic ring is 1. The van der Waals surface area contributed by atoms with E-state index in [0.29, 0.717) is 25.4 Å². The number of rotatable bonds is 6. The minimum atomic E-state index is -0.460. The van der Waals surface area contributed by atoms with Crippen LogP contribution in [0.3, 0.4) is 0 Å². The first kappa shape index (κ1) is 12.7. The minimum absolute atomic E-state index is 0.250. The highest BCUT2D eigenvalue weighted by atomic mass is 16.5. The van der Waals surface area contributed by atoms with E-state index >= 15 is 0 Å². The number of aliphatic hydroxyl groups is 1. The normalized spacial score (nSPS) is 12.4. The number of aryl methyl sites for hydroxylation is 1. The predicted molar refractivity (Wildman–Crippen MR) is 62.2 cm³/mol. The summed E-state index contributed by atoms with van der Waals surface area (Å²) in [4.78, 5) is 7.98. The molecule has 0 fully saturated rings. The maximum atomic E-state index is 9.41. The summed E-state index contributed by atoms with van der Waals surface area (Å²) in [6.07, 6.45) is 0.134. The number of aromatic nitrogens is 2. The number of nitrogens with zero attached hydrogens (tertiary/aromatic N) is 2. The van der Waals surface area contributed by atoms with Gasteiger partial charge in [0.05, 0.1) is 12.7 Å². The molecule has 0 amide bonds. The van der Waals surface area contributed by atoms with Crippen LogP contribution in [0.5, 0.6) is 0 Å². The Morgan fingerprint density at radius 3 is 2.94 bits per heavy atom. The molecule has 1 heterocycles. The molecule has 0 spiro atoms. The summed E-state index contributed by atoms with van der Waals surface area (Å²) in [5, 5.41) is 12.5. The summed E-state index contributed by atoms with van der Waals surface area (Å²) in [6, 6.07) is 1.80. The molecule has 0 saturated carbocycles. The van der Waals surface area contributed by atoms with Crippen LogP contribution in [0.1, 0.15) is 12.1 Å². The average Bonchev–Trinajstić information content (AvgIpc) is 2.16. The largest absolute Gasteiger partial charge is 0.391 e. The second kappa shape index (κ2) is 6.24. The van der Waals surface area contributed by atoms with E-state index in [4.69, 9.17) is 10.5 Å². The number of anilines is 2. The highest BCUT2D eigenvalue weighted by Gasteiger charge is 2.03. The summed E-state index contributed by atoms with van der Waals surface area (Å²) in [6.45, 7) is 2.80. The van der Waals surface area contributed by atoms with Crippen LogP contribution in [0.2, 0.25) is 0 Å². The molecule has 0 aliphatic rings. The Kier molecular flexibility index (Phi) is 4.94. The molecule has 1 rings (SSSR count). The molecular formula is C10H18N4O2. The van der Waals surface area contributed by atoms with E-state index in [1.807, 2.05) is 6.92 Å². The molecule has 1 aromatic rings. The first-order valence-corrected chi connectivity index (χ1v) is 5.14. The van der Waals surface area contributed by atoms with Crippen molar-refractivity contribution in [1.82, 2.24) is 9.97 Å². The number of aliphatic hydroxyl groups excluding tert-OH is 1. The SMILES string of the molecule is COCC(O)CCNc1cc(C)nc(N)n1. The quantitative estimate of drug-likeness (QED) is 0.640. The summed E-state index contributed by atoms with van der Waals surface area (Å²) < 4.78 is 4.82. The Labute approximate surface area is 94.9 Å². The molecule has 0 radical (unpaired) electrons. The number of ether oxygens (including phenoxy) is 1. The fourth-order valence-corrected chi connectivity index (χ4v) is 1.32. The first-order valence-electron chi connectivity index (χ1n) is 5.14. The smallest absolute Gasteiger partial charge is 0.222 e. The van der Waals surface area contributed by atoms with E-state index in [-0.39, 0.29) is 5.95 Å². The van der Waals surface area contributed by atoms with Gasteiger partial charge in [0.25, 0.3) is 0 Å². The van der Waals surface area contributed by atoms with Gasteiger partial charge in [0, 0.05) is 25.4 Å². The van der Waals surface area contributed by atoms with Crippen molar-refractivity contribution >= 4 is 11.8 Å². The van der Waals surface area contributed by atoms with Gasteiger partial charge in [-0.05, 0) is 13.3 Å². The number of methoxy groups -OCH3 is 1. The van der Waals surface area contributed by atoms with E-state index in [0.717, 1.165) is 5.69 Å². The van der Waals surface area contributed by atoms with Crippen molar-refractivity contribution in [2.45, 2.75) is 19.4 Å². The third-order valence-corrected chi connectivity index (χ3v) is 2.01. The zero-order valence-corrected chi connectivity index (χ0v) is 9.60. The third kappa shape index (κ3) is 4.41. The Hall–Kier alpha value is -1.40.